The van der Waals surface area contributed by atoms with Crippen molar-refractivity contribution in [3.63, 3.8) is 0 Å². The van der Waals surface area contributed by atoms with E-state index in [0.717, 1.165) is 108 Å². The lowest BCUT2D eigenvalue weighted by Crippen LogP contribution is -2.43. The van der Waals surface area contributed by atoms with Crippen LogP contribution in [0.3, 0.4) is 0 Å². The lowest BCUT2D eigenvalue weighted by atomic mass is 9.92. The first kappa shape index (κ1) is 39.5. The summed E-state index contributed by atoms with van der Waals surface area (Å²) < 4.78 is 24.8. The number of carbonyl (C=O) groups excluding carboxylic acids is 1. The molecule has 1 saturated carbocycles. The molecule has 5 fully saturated rings. The average Bonchev–Trinajstić information content (AvgIpc) is 4.03. The van der Waals surface area contributed by atoms with Crippen LogP contribution < -0.4 is 14.8 Å². The standard InChI is InChI=1S/C45H68N4O5/c1-2-51-44-18-8-6-16-41(44)42(49-26-21-36(22-27-49)45(50)46-31-39-14-9-28-52-39)23-30-54-43-17-7-3-11-37(43)33-47(34-40-15-10-29-53-40)32-35-19-24-48(25-20-35)38-12-4-5-13-38/h3,6-8,11,16-18,35-36,38-40,42H,2,4-5,9-10,12-15,19-34H2,1H3,(H,46,50). The maximum absolute atomic E-state index is 13.1. The van der Waals surface area contributed by atoms with Crippen LogP contribution in [-0.2, 0) is 20.8 Å². The molecule has 5 aliphatic rings. The van der Waals surface area contributed by atoms with Gasteiger partial charge in [0.15, 0.2) is 0 Å². The van der Waals surface area contributed by atoms with Crippen LogP contribution in [0, 0.1) is 11.8 Å². The summed E-state index contributed by atoms with van der Waals surface area (Å²) in [6, 6.07) is 18.2. The minimum Gasteiger partial charge on any atom is -0.494 e. The number of hydrogen-bond donors (Lipinski definition) is 1. The molecule has 4 heterocycles. The van der Waals surface area contributed by atoms with Gasteiger partial charge in [-0.2, -0.15) is 0 Å². The number of amides is 1. The van der Waals surface area contributed by atoms with E-state index in [2.05, 4.69) is 68.5 Å². The summed E-state index contributed by atoms with van der Waals surface area (Å²) in [6.45, 7) is 12.9. The number of nitrogens with one attached hydrogen (secondary N) is 1. The fourth-order valence-electron chi connectivity index (χ4n) is 9.93. The van der Waals surface area contributed by atoms with Gasteiger partial charge in [-0.05, 0) is 115 Å². The van der Waals surface area contributed by atoms with E-state index in [1.165, 1.54) is 69.2 Å². The number of ether oxygens (including phenoxy) is 4. The zero-order valence-corrected chi connectivity index (χ0v) is 33.1. The highest BCUT2D eigenvalue weighted by Crippen LogP contribution is 2.36. The fraction of sp³-hybridized carbons (Fsp3) is 0.711. The lowest BCUT2D eigenvalue weighted by Gasteiger charge is -2.38. The van der Waals surface area contributed by atoms with E-state index < -0.39 is 0 Å². The van der Waals surface area contributed by atoms with Crippen LogP contribution in [0.1, 0.15) is 108 Å². The quantitative estimate of drug-likeness (QED) is 0.171. The second-order valence-corrected chi connectivity index (χ2v) is 16.7. The molecule has 2 aromatic rings. The van der Waals surface area contributed by atoms with E-state index in [9.17, 15) is 4.79 Å². The Morgan fingerprint density at radius 1 is 0.796 bits per heavy atom. The number of rotatable bonds is 18. The summed E-state index contributed by atoms with van der Waals surface area (Å²) in [5.74, 6) is 2.90. The predicted octanol–water partition coefficient (Wildman–Crippen LogP) is 7.24. The van der Waals surface area contributed by atoms with E-state index in [4.69, 9.17) is 18.9 Å². The Labute approximate surface area is 325 Å². The number of hydrogen-bond acceptors (Lipinski definition) is 8. The summed E-state index contributed by atoms with van der Waals surface area (Å²) in [7, 11) is 0. The zero-order valence-electron chi connectivity index (χ0n) is 33.1. The van der Waals surface area contributed by atoms with E-state index in [1.54, 1.807) is 0 Å². The molecule has 0 aromatic heterocycles. The Balaban J connectivity index is 0.974. The summed E-state index contributed by atoms with van der Waals surface area (Å²) >= 11 is 0. The second-order valence-electron chi connectivity index (χ2n) is 16.7. The molecule has 3 atom stereocenters. The normalized spacial score (nSPS) is 24.3. The van der Waals surface area contributed by atoms with E-state index in [1.807, 2.05) is 6.92 Å². The van der Waals surface area contributed by atoms with E-state index in [0.29, 0.717) is 25.9 Å². The molecule has 0 spiro atoms. The topological polar surface area (TPSA) is 75.7 Å². The summed E-state index contributed by atoms with van der Waals surface area (Å²) in [6.07, 6.45) is 15.8. The third-order valence-electron chi connectivity index (χ3n) is 13.0. The summed E-state index contributed by atoms with van der Waals surface area (Å²) in [4.78, 5) is 21.1. The Kier molecular flexibility index (Phi) is 15.0. The molecule has 1 amide bonds. The molecule has 3 unspecified atom stereocenters. The van der Waals surface area contributed by atoms with Crippen molar-refractivity contribution in [2.75, 3.05) is 72.2 Å². The first-order chi connectivity index (χ1) is 26.6. The third kappa shape index (κ3) is 11.0. The Hall–Kier alpha value is -2.69. The van der Waals surface area contributed by atoms with Crippen molar-refractivity contribution in [3.8, 4) is 11.5 Å². The SMILES string of the molecule is CCOc1ccccc1C(CCOc1ccccc1CN(CC1CCN(C2CCCC2)CC1)CC1CCCO1)N1CCC(C(=O)NCC2CCCO2)CC1. The van der Waals surface area contributed by atoms with Crippen LogP contribution in [0.4, 0.5) is 0 Å². The van der Waals surface area contributed by atoms with Crippen LogP contribution in [0.5, 0.6) is 11.5 Å². The maximum Gasteiger partial charge on any atom is 0.223 e. The van der Waals surface area contributed by atoms with Gasteiger partial charge in [0.05, 0.1) is 25.4 Å². The molecule has 0 bridgehead atoms. The molecular weight excluding hydrogens is 677 g/mol. The van der Waals surface area contributed by atoms with Crippen molar-refractivity contribution in [1.29, 1.82) is 0 Å². The van der Waals surface area contributed by atoms with Gasteiger partial charge in [0.1, 0.15) is 11.5 Å². The molecule has 7 rings (SSSR count). The minimum atomic E-state index is 0.0472. The number of likely N-dealkylation sites (tertiary alicyclic amines) is 2. The van der Waals surface area contributed by atoms with Crippen molar-refractivity contribution in [3.05, 3.63) is 59.7 Å². The smallest absolute Gasteiger partial charge is 0.223 e. The van der Waals surface area contributed by atoms with Gasteiger partial charge in [-0.3, -0.25) is 14.6 Å². The van der Waals surface area contributed by atoms with E-state index in [-0.39, 0.29) is 24.0 Å². The third-order valence-corrected chi connectivity index (χ3v) is 13.0. The molecule has 9 heteroatoms. The highest BCUT2D eigenvalue weighted by molar-refractivity contribution is 5.78. The molecular formula is C45H68N4O5. The first-order valence-electron chi connectivity index (χ1n) is 21.8. The number of nitrogens with zero attached hydrogens (tertiary/aromatic N) is 3. The van der Waals surface area contributed by atoms with Crippen LogP contribution in [0.15, 0.2) is 48.5 Å². The molecule has 1 N–H and O–H groups in total. The number of piperidine rings is 2. The van der Waals surface area contributed by atoms with E-state index >= 15 is 0 Å². The summed E-state index contributed by atoms with van der Waals surface area (Å²) in [5, 5.41) is 3.19. The molecule has 1 aliphatic carbocycles. The molecule has 54 heavy (non-hydrogen) atoms. The number of benzene rings is 2. The molecule has 4 aliphatic heterocycles. The highest BCUT2D eigenvalue weighted by Gasteiger charge is 2.32. The van der Waals surface area contributed by atoms with Gasteiger partial charge in [0.2, 0.25) is 5.91 Å². The predicted molar refractivity (Wildman–Crippen MR) is 214 cm³/mol. The lowest BCUT2D eigenvalue weighted by molar-refractivity contribution is -0.127. The Morgan fingerprint density at radius 3 is 2.22 bits per heavy atom. The highest BCUT2D eigenvalue weighted by atomic mass is 16.5. The van der Waals surface area contributed by atoms with Gasteiger partial charge in [0, 0.05) is 74.9 Å². The molecule has 0 radical (unpaired) electrons. The Bertz CT molecular complexity index is 1410. The van der Waals surface area contributed by atoms with Gasteiger partial charge in [0.25, 0.3) is 0 Å². The largest absolute Gasteiger partial charge is 0.494 e. The fourth-order valence-corrected chi connectivity index (χ4v) is 9.93. The second kappa shape index (κ2) is 20.5. The first-order valence-corrected chi connectivity index (χ1v) is 21.8. The van der Waals surface area contributed by atoms with Crippen LogP contribution in [-0.4, -0.2) is 111 Å². The van der Waals surface area contributed by atoms with Gasteiger partial charge < -0.3 is 29.2 Å². The Morgan fingerprint density at radius 2 is 1.50 bits per heavy atom. The molecule has 4 saturated heterocycles. The number of para-hydroxylation sites is 2. The van der Waals surface area contributed by atoms with Crippen molar-refractivity contribution in [2.45, 2.75) is 121 Å². The van der Waals surface area contributed by atoms with Crippen molar-refractivity contribution >= 4 is 5.91 Å². The van der Waals surface area contributed by atoms with Crippen LogP contribution in [0.25, 0.3) is 0 Å². The van der Waals surface area contributed by atoms with Crippen LogP contribution >= 0.6 is 0 Å². The minimum absolute atomic E-state index is 0.0472. The van der Waals surface area contributed by atoms with Gasteiger partial charge in [-0.1, -0.05) is 49.2 Å². The van der Waals surface area contributed by atoms with Crippen LogP contribution in [0.2, 0.25) is 0 Å². The molecule has 298 valence electrons. The summed E-state index contributed by atoms with van der Waals surface area (Å²) in [5.41, 5.74) is 2.47. The number of carbonyl (C=O) groups is 1. The van der Waals surface area contributed by atoms with Gasteiger partial charge in [-0.15, -0.1) is 0 Å². The van der Waals surface area contributed by atoms with Crippen molar-refractivity contribution < 1.29 is 23.7 Å². The maximum atomic E-state index is 13.1. The average molecular weight is 745 g/mol. The monoisotopic (exact) mass is 745 g/mol. The zero-order chi connectivity index (χ0) is 37.0. The molecule has 9 nitrogen and oxygen atoms in total. The van der Waals surface area contributed by atoms with Gasteiger partial charge in [-0.25, -0.2) is 0 Å². The van der Waals surface area contributed by atoms with Crippen molar-refractivity contribution in [1.82, 2.24) is 20.0 Å². The van der Waals surface area contributed by atoms with Crippen molar-refractivity contribution in [2.24, 2.45) is 11.8 Å². The molecule has 2 aromatic carbocycles. The van der Waals surface area contributed by atoms with Gasteiger partial charge >= 0.3 is 0 Å².